The number of nitrogens with zero attached hydrogens (tertiary/aromatic N) is 3. The Balaban J connectivity index is 1.90. The Morgan fingerprint density at radius 2 is 1.86 bits per heavy atom. The number of fused-ring (bicyclic) bond motifs is 1. The van der Waals surface area contributed by atoms with Crippen molar-refractivity contribution in [3.63, 3.8) is 0 Å². The predicted molar refractivity (Wildman–Crippen MR) is 137 cm³/mol. The molecule has 0 saturated carbocycles. The molecular weight excluding hydrogens is 446 g/mol. The maximum atomic E-state index is 14.4. The Morgan fingerprint density at radius 3 is 2.54 bits per heavy atom. The molecule has 190 valence electrons. The topological polar surface area (TPSA) is 50.2 Å². The van der Waals surface area contributed by atoms with E-state index in [4.69, 9.17) is 4.98 Å². The molecule has 2 aromatic carbocycles. The summed E-state index contributed by atoms with van der Waals surface area (Å²) in [4.78, 5) is 19.7. The van der Waals surface area contributed by atoms with Crippen LogP contribution in [0.5, 0.6) is 0 Å². The zero-order valence-corrected chi connectivity index (χ0v) is 21.6. The second-order valence-electron chi connectivity index (χ2n) is 10.1. The van der Waals surface area contributed by atoms with Crippen LogP contribution in [0.3, 0.4) is 0 Å². The summed E-state index contributed by atoms with van der Waals surface area (Å²) in [5, 5.41) is 3.49. The van der Waals surface area contributed by atoms with Crippen molar-refractivity contribution in [1.82, 2.24) is 19.8 Å². The molecule has 0 spiro atoms. The third-order valence-electron chi connectivity index (χ3n) is 5.93. The number of imidazole rings is 1. The summed E-state index contributed by atoms with van der Waals surface area (Å²) in [5.41, 5.74) is 2.80. The van der Waals surface area contributed by atoms with Gasteiger partial charge in [0.25, 0.3) is 5.91 Å². The standard InChI is InChI=1S/C28H38F2N4O/c1-6-13-34-26-10-7-21(16-31-12-11-19(2)3)14-25(26)32-27(34)18-33(17-20(4)5)28(35)23-15-22(29)8-9-24(23)30/h7-10,14-15,19-20,31H,6,11-13,16-18H2,1-5H3. The Kier molecular flexibility index (Phi) is 9.38. The SMILES string of the molecule is CCCn1c(CN(CC(C)C)C(=O)c2cc(F)ccc2F)nc2cc(CNCCC(C)C)ccc21. The molecule has 0 unspecified atom stereocenters. The van der Waals surface area contributed by atoms with Crippen molar-refractivity contribution in [1.29, 1.82) is 0 Å². The maximum absolute atomic E-state index is 14.4. The number of amides is 1. The number of benzene rings is 2. The normalized spacial score (nSPS) is 11.7. The first-order chi connectivity index (χ1) is 16.7. The zero-order chi connectivity index (χ0) is 25.5. The van der Waals surface area contributed by atoms with E-state index >= 15 is 0 Å². The average Bonchev–Trinajstić information content (AvgIpc) is 3.13. The molecule has 0 aliphatic rings. The van der Waals surface area contributed by atoms with Gasteiger partial charge in [0.1, 0.15) is 17.5 Å². The number of nitrogens with one attached hydrogen (secondary N) is 1. The predicted octanol–water partition coefficient (Wildman–Crippen LogP) is 6.16. The van der Waals surface area contributed by atoms with E-state index in [9.17, 15) is 13.6 Å². The van der Waals surface area contributed by atoms with Gasteiger partial charge in [-0.3, -0.25) is 4.79 Å². The Hall–Kier alpha value is -2.80. The molecule has 3 rings (SSSR count). The minimum absolute atomic E-state index is 0.156. The number of hydrogen-bond acceptors (Lipinski definition) is 3. The van der Waals surface area contributed by atoms with Crippen molar-refractivity contribution in [2.75, 3.05) is 13.1 Å². The highest BCUT2D eigenvalue weighted by atomic mass is 19.1. The van der Waals surface area contributed by atoms with E-state index in [1.165, 1.54) is 0 Å². The van der Waals surface area contributed by atoms with E-state index in [0.717, 1.165) is 73.1 Å². The molecule has 0 radical (unpaired) electrons. The summed E-state index contributed by atoms with van der Waals surface area (Å²) >= 11 is 0. The zero-order valence-electron chi connectivity index (χ0n) is 21.6. The Bertz CT molecular complexity index is 1140. The monoisotopic (exact) mass is 484 g/mol. The summed E-state index contributed by atoms with van der Waals surface area (Å²) in [7, 11) is 0. The number of rotatable bonds is 12. The maximum Gasteiger partial charge on any atom is 0.257 e. The van der Waals surface area contributed by atoms with Crippen LogP contribution >= 0.6 is 0 Å². The molecule has 3 aromatic rings. The van der Waals surface area contributed by atoms with Gasteiger partial charge in [-0.05, 0) is 67.1 Å². The number of aromatic nitrogens is 2. The largest absolute Gasteiger partial charge is 0.331 e. The van der Waals surface area contributed by atoms with Crippen molar-refractivity contribution in [3.05, 3.63) is 65.0 Å². The summed E-state index contributed by atoms with van der Waals surface area (Å²) < 4.78 is 30.3. The van der Waals surface area contributed by atoms with Gasteiger partial charge in [0.05, 0.1) is 23.1 Å². The fourth-order valence-corrected chi connectivity index (χ4v) is 4.21. The number of carbonyl (C=O) groups is 1. The summed E-state index contributed by atoms with van der Waals surface area (Å²) in [6.07, 6.45) is 2.04. The lowest BCUT2D eigenvalue weighted by atomic mass is 10.1. The van der Waals surface area contributed by atoms with E-state index in [1.54, 1.807) is 4.90 Å². The van der Waals surface area contributed by atoms with Crippen LogP contribution in [0.25, 0.3) is 11.0 Å². The van der Waals surface area contributed by atoms with Gasteiger partial charge in [-0.1, -0.05) is 40.7 Å². The lowest BCUT2D eigenvalue weighted by Gasteiger charge is -2.25. The molecule has 0 fully saturated rings. The average molecular weight is 485 g/mol. The molecule has 0 bridgehead atoms. The molecule has 0 aliphatic heterocycles. The molecule has 0 atom stereocenters. The van der Waals surface area contributed by atoms with E-state index in [1.807, 2.05) is 13.8 Å². The molecule has 35 heavy (non-hydrogen) atoms. The van der Waals surface area contributed by atoms with Gasteiger partial charge in [-0.15, -0.1) is 0 Å². The first-order valence-electron chi connectivity index (χ1n) is 12.6. The van der Waals surface area contributed by atoms with Crippen LogP contribution in [0.15, 0.2) is 36.4 Å². The summed E-state index contributed by atoms with van der Waals surface area (Å²) in [6, 6.07) is 9.28. The van der Waals surface area contributed by atoms with E-state index in [-0.39, 0.29) is 18.0 Å². The van der Waals surface area contributed by atoms with E-state index < -0.39 is 17.5 Å². The highest BCUT2D eigenvalue weighted by Crippen LogP contribution is 2.22. The van der Waals surface area contributed by atoms with E-state index in [0.29, 0.717) is 12.5 Å². The van der Waals surface area contributed by atoms with Gasteiger partial charge in [0, 0.05) is 19.6 Å². The fourth-order valence-electron chi connectivity index (χ4n) is 4.21. The summed E-state index contributed by atoms with van der Waals surface area (Å²) in [5.74, 6) is -0.315. The van der Waals surface area contributed by atoms with Crippen LogP contribution in [0, 0.1) is 23.5 Å². The van der Waals surface area contributed by atoms with Crippen LogP contribution in [0.4, 0.5) is 8.78 Å². The molecular formula is C28H38F2N4O. The van der Waals surface area contributed by atoms with E-state index in [2.05, 4.69) is 48.9 Å². The van der Waals surface area contributed by atoms with Crippen LogP contribution < -0.4 is 5.32 Å². The van der Waals surface area contributed by atoms with Crippen LogP contribution in [-0.2, 0) is 19.6 Å². The van der Waals surface area contributed by atoms with Gasteiger partial charge in [-0.25, -0.2) is 13.8 Å². The molecule has 1 aromatic heterocycles. The summed E-state index contributed by atoms with van der Waals surface area (Å²) in [6.45, 7) is 13.7. The minimum Gasteiger partial charge on any atom is -0.331 e. The number of carbonyl (C=O) groups excluding carboxylic acids is 1. The second kappa shape index (κ2) is 12.2. The first kappa shape index (κ1) is 26.8. The third-order valence-corrected chi connectivity index (χ3v) is 5.93. The van der Waals surface area contributed by atoms with Gasteiger partial charge in [-0.2, -0.15) is 0 Å². The molecule has 1 heterocycles. The molecule has 1 amide bonds. The number of aryl methyl sites for hydroxylation is 1. The minimum atomic E-state index is -0.721. The van der Waals surface area contributed by atoms with Gasteiger partial charge < -0.3 is 14.8 Å². The smallest absolute Gasteiger partial charge is 0.257 e. The highest BCUT2D eigenvalue weighted by molar-refractivity contribution is 5.94. The van der Waals surface area contributed by atoms with Gasteiger partial charge in [0.15, 0.2) is 0 Å². The molecule has 7 heteroatoms. The van der Waals surface area contributed by atoms with Crippen LogP contribution in [0.2, 0.25) is 0 Å². The fraction of sp³-hybridized carbons (Fsp3) is 0.500. The Morgan fingerprint density at radius 1 is 1.09 bits per heavy atom. The molecule has 0 saturated heterocycles. The number of hydrogen-bond donors (Lipinski definition) is 1. The van der Waals surface area contributed by atoms with Gasteiger partial charge in [0.2, 0.25) is 0 Å². The van der Waals surface area contributed by atoms with Crippen LogP contribution in [-0.4, -0.2) is 33.4 Å². The van der Waals surface area contributed by atoms with Gasteiger partial charge >= 0.3 is 0 Å². The van der Waals surface area contributed by atoms with Crippen molar-refractivity contribution in [3.8, 4) is 0 Å². The lowest BCUT2D eigenvalue weighted by Crippen LogP contribution is -2.35. The van der Waals surface area contributed by atoms with Crippen molar-refractivity contribution in [2.24, 2.45) is 11.8 Å². The molecule has 1 N–H and O–H groups in total. The van der Waals surface area contributed by atoms with Crippen LogP contribution in [0.1, 0.15) is 69.2 Å². The van der Waals surface area contributed by atoms with Crippen molar-refractivity contribution < 1.29 is 13.6 Å². The van der Waals surface area contributed by atoms with Crippen molar-refractivity contribution in [2.45, 2.75) is 67.1 Å². The number of halogens is 2. The highest BCUT2D eigenvalue weighted by Gasteiger charge is 2.23. The van der Waals surface area contributed by atoms with Crippen molar-refractivity contribution >= 4 is 16.9 Å². The quantitative estimate of drug-likeness (QED) is 0.313. The Labute approximate surface area is 207 Å². The first-order valence-corrected chi connectivity index (χ1v) is 12.6. The lowest BCUT2D eigenvalue weighted by molar-refractivity contribution is 0.0711. The molecule has 0 aliphatic carbocycles. The second-order valence-corrected chi connectivity index (χ2v) is 10.1. The third kappa shape index (κ3) is 7.10. The molecule has 5 nitrogen and oxygen atoms in total.